The predicted molar refractivity (Wildman–Crippen MR) is 76.4 cm³/mol. The summed E-state index contributed by atoms with van der Waals surface area (Å²) in [7, 11) is 0. The van der Waals surface area contributed by atoms with Gasteiger partial charge in [-0.15, -0.1) is 0 Å². The number of nitrogens with zero attached hydrogens (tertiary/aromatic N) is 1. The summed E-state index contributed by atoms with van der Waals surface area (Å²) in [6.45, 7) is 8.97. The van der Waals surface area contributed by atoms with E-state index in [2.05, 4.69) is 37.7 Å². The molecule has 1 aromatic rings. The van der Waals surface area contributed by atoms with Gasteiger partial charge in [0.1, 0.15) is 0 Å². The first-order valence-electron chi connectivity index (χ1n) is 6.43. The molecule has 0 saturated carbocycles. The summed E-state index contributed by atoms with van der Waals surface area (Å²) in [5.74, 6) is 0. The lowest BCUT2D eigenvalue weighted by atomic mass is 9.74. The second kappa shape index (κ2) is 4.41. The molecule has 0 fully saturated rings. The highest BCUT2D eigenvalue weighted by molar-refractivity contribution is 7.98. The molecule has 0 unspecified atom stereocenters. The molecule has 18 heavy (non-hydrogen) atoms. The fourth-order valence-corrected chi connectivity index (χ4v) is 3.57. The Labute approximate surface area is 113 Å². The summed E-state index contributed by atoms with van der Waals surface area (Å²) in [5, 5.41) is 0.728. The SMILES string of the molecule is CSc1nc2c(c(=O)[nH]1)CCC(C)(C)CC2(C)C. The predicted octanol–water partition coefficient (Wildman–Crippen LogP) is 3.13. The van der Waals surface area contributed by atoms with E-state index in [0.717, 1.165) is 35.7 Å². The third kappa shape index (κ3) is 2.48. The van der Waals surface area contributed by atoms with Crippen LogP contribution in [-0.4, -0.2) is 16.2 Å². The van der Waals surface area contributed by atoms with Crippen LogP contribution in [0.1, 0.15) is 51.8 Å². The second-order valence-corrected chi connectivity index (χ2v) is 7.42. The van der Waals surface area contributed by atoms with Crippen LogP contribution in [0.5, 0.6) is 0 Å². The number of nitrogens with one attached hydrogen (secondary N) is 1. The van der Waals surface area contributed by atoms with Crippen LogP contribution >= 0.6 is 11.8 Å². The van der Waals surface area contributed by atoms with Crippen molar-refractivity contribution in [3.05, 3.63) is 21.6 Å². The fourth-order valence-electron chi connectivity index (χ4n) is 3.20. The normalized spacial score (nSPS) is 21.2. The summed E-state index contributed by atoms with van der Waals surface area (Å²) < 4.78 is 0. The Morgan fingerprint density at radius 3 is 2.56 bits per heavy atom. The summed E-state index contributed by atoms with van der Waals surface area (Å²) in [5.41, 5.74) is 2.17. The number of hydrogen-bond acceptors (Lipinski definition) is 3. The molecular weight excluding hydrogens is 244 g/mol. The highest BCUT2D eigenvalue weighted by Gasteiger charge is 2.37. The lowest BCUT2D eigenvalue weighted by molar-refractivity contribution is 0.248. The lowest BCUT2D eigenvalue weighted by Crippen LogP contribution is -2.28. The van der Waals surface area contributed by atoms with Gasteiger partial charge in [0.2, 0.25) is 0 Å². The van der Waals surface area contributed by atoms with Crippen LogP contribution in [0, 0.1) is 5.41 Å². The smallest absolute Gasteiger partial charge is 0.254 e. The number of fused-ring (bicyclic) bond motifs is 1. The molecular formula is C14H22N2OS. The van der Waals surface area contributed by atoms with Gasteiger partial charge in [-0.1, -0.05) is 39.5 Å². The van der Waals surface area contributed by atoms with E-state index in [1.807, 2.05) is 6.26 Å². The van der Waals surface area contributed by atoms with E-state index in [4.69, 9.17) is 0 Å². The zero-order valence-electron chi connectivity index (χ0n) is 11.9. The third-order valence-corrected chi connectivity index (χ3v) is 4.38. The van der Waals surface area contributed by atoms with E-state index < -0.39 is 0 Å². The van der Waals surface area contributed by atoms with Gasteiger partial charge in [0.05, 0.1) is 5.69 Å². The molecule has 1 heterocycles. The average molecular weight is 266 g/mol. The topological polar surface area (TPSA) is 45.8 Å². The van der Waals surface area contributed by atoms with Gasteiger partial charge in [-0.25, -0.2) is 4.98 Å². The maximum atomic E-state index is 12.2. The van der Waals surface area contributed by atoms with Gasteiger partial charge in [0, 0.05) is 11.0 Å². The molecule has 1 aliphatic carbocycles. The lowest BCUT2D eigenvalue weighted by Gasteiger charge is -2.32. The molecule has 0 aliphatic heterocycles. The molecule has 0 amide bonds. The van der Waals surface area contributed by atoms with Gasteiger partial charge in [0.15, 0.2) is 5.16 Å². The molecule has 1 N–H and O–H groups in total. The Morgan fingerprint density at radius 1 is 1.28 bits per heavy atom. The quantitative estimate of drug-likeness (QED) is 0.482. The van der Waals surface area contributed by atoms with Gasteiger partial charge in [0.25, 0.3) is 5.56 Å². The maximum Gasteiger partial charge on any atom is 0.254 e. The summed E-state index contributed by atoms with van der Waals surface area (Å²) in [6, 6.07) is 0. The summed E-state index contributed by atoms with van der Waals surface area (Å²) in [4.78, 5) is 19.7. The third-order valence-electron chi connectivity index (χ3n) is 3.80. The van der Waals surface area contributed by atoms with Crippen molar-refractivity contribution in [2.24, 2.45) is 5.41 Å². The summed E-state index contributed by atoms with van der Waals surface area (Å²) >= 11 is 1.50. The molecule has 1 aliphatic rings. The molecule has 0 saturated heterocycles. The fraction of sp³-hybridized carbons (Fsp3) is 0.714. The van der Waals surface area contributed by atoms with E-state index in [9.17, 15) is 4.79 Å². The molecule has 0 aromatic carbocycles. The molecule has 0 bridgehead atoms. The minimum Gasteiger partial charge on any atom is -0.301 e. The van der Waals surface area contributed by atoms with Crippen molar-refractivity contribution in [2.75, 3.05) is 6.26 Å². The van der Waals surface area contributed by atoms with Crippen LogP contribution < -0.4 is 5.56 Å². The Kier molecular flexibility index (Phi) is 3.34. The number of aromatic amines is 1. The van der Waals surface area contributed by atoms with Gasteiger partial charge < -0.3 is 4.98 Å². The van der Waals surface area contributed by atoms with Crippen LogP contribution in [0.4, 0.5) is 0 Å². The maximum absolute atomic E-state index is 12.2. The molecule has 4 heteroatoms. The van der Waals surface area contributed by atoms with Crippen molar-refractivity contribution in [3.63, 3.8) is 0 Å². The van der Waals surface area contributed by atoms with E-state index in [-0.39, 0.29) is 16.4 Å². The number of aromatic nitrogens is 2. The van der Waals surface area contributed by atoms with Crippen LogP contribution in [0.25, 0.3) is 0 Å². The van der Waals surface area contributed by atoms with Gasteiger partial charge in [-0.3, -0.25) is 4.79 Å². The van der Waals surface area contributed by atoms with Gasteiger partial charge >= 0.3 is 0 Å². The van der Waals surface area contributed by atoms with E-state index in [0.29, 0.717) is 0 Å². The van der Waals surface area contributed by atoms with Crippen molar-refractivity contribution in [1.29, 1.82) is 0 Å². The molecule has 0 radical (unpaired) electrons. The Hall–Kier alpha value is -0.770. The Balaban J connectivity index is 2.62. The highest BCUT2D eigenvalue weighted by atomic mass is 32.2. The molecule has 1 aromatic heterocycles. The number of thioether (sulfide) groups is 1. The van der Waals surface area contributed by atoms with Crippen molar-refractivity contribution >= 4 is 11.8 Å². The zero-order chi connectivity index (χ0) is 13.6. The number of H-pyrrole nitrogens is 1. The average Bonchev–Trinajstić information content (AvgIpc) is 2.33. The van der Waals surface area contributed by atoms with Crippen LogP contribution in [0.3, 0.4) is 0 Å². The van der Waals surface area contributed by atoms with Crippen molar-refractivity contribution < 1.29 is 0 Å². The summed E-state index contributed by atoms with van der Waals surface area (Å²) in [6.07, 6.45) is 4.89. The zero-order valence-corrected chi connectivity index (χ0v) is 12.7. The van der Waals surface area contributed by atoms with Crippen LogP contribution in [0.2, 0.25) is 0 Å². The van der Waals surface area contributed by atoms with Crippen molar-refractivity contribution in [2.45, 2.75) is 57.5 Å². The van der Waals surface area contributed by atoms with E-state index >= 15 is 0 Å². The van der Waals surface area contributed by atoms with Gasteiger partial charge in [-0.2, -0.15) is 0 Å². The first-order valence-corrected chi connectivity index (χ1v) is 7.65. The van der Waals surface area contributed by atoms with E-state index in [1.165, 1.54) is 11.8 Å². The number of hydrogen-bond donors (Lipinski definition) is 1. The van der Waals surface area contributed by atoms with E-state index in [1.54, 1.807) is 0 Å². The minimum atomic E-state index is -0.0337. The highest BCUT2D eigenvalue weighted by Crippen LogP contribution is 2.42. The Morgan fingerprint density at radius 2 is 1.94 bits per heavy atom. The molecule has 3 nitrogen and oxygen atoms in total. The molecule has 0 atom stereocenters. The standard InChI is InChI=1S/C14H22N2OS/c1-13(2)7-6-9-10(14(3,4)8-13)15-12(18-5)16-11(9)17/h6-8H2,1-5H3,(H,15,16,17). The van der Waals surface area contributed by atoms with Crippen LogP contribution in [0.15, 0.2) is 9.95 Å². The van der Waals surface area contributed by atoms with Crippen molar-refractivity contribution in [1.82, 2.24) is 9.97 Å². The second-order valence-electron chi connectivity index (χ2n) is 6.63. The minimum absolute atomic E-state index is 0.0337. The molecule has 0 spiro atoms. The largest absolute Gasteiger partial charge is 0.301 e. The first kappa shape index (κ1) is 13.7. The number of rotatable bonds is 1. The monoisotopic (exact) mass is 266 g/mol. The van der Waals surface area contributed by atoms with Crippen molar-refractivity contribution in [3.8, 4) is 0 Å². The van der Waals surface area contributed by atoms with Crippen LogP contribution in [-0.2, 0) is 11.8 Å². The Bertz CT molecular complexity index is 517. The van der Waals surface area contributed by atoms with Gasteiger partial charge in [-0.05, 0) is 30.9 Å². The molecule has 100 valence electrons. The first-order chi connectivity index (χ1) is 8.25. The molecule has 2 rings (SSSR count).